The van der Waals surface area contributed by atoms with Crippen molar-refractivity contribution < 1.29 is 9.53 Å². The predicted octanol–water partition coefficient (Wildman–Crippen LogP) is 0.358. The van der Waals surface area contributed by atoms with Crippen LogP contribution in [0.5, 0.6) is 0 Å². The Morgan fingerprint density at radius 1 is 1.62 bits per heavy atom. The van der Waals surface area contributed by atoms with Gasteiger partial charge in [0, 0.05) is 33.0 Å². The molecule has 5 nitrogen and oxygen atoms in total. The molecule has 5 heteroatoms. The molecule has 0 saturated carbocycles. The predicted molar refractivity (Wildman–Crippen MR) is 59.1 cm³/mol. The van der Waals surface area contributed by atoms with Crippen molar-refractivity contribution in [2.75, 3.05) is 19.8 Å². The second-order valence-corrected chi connectivity index (χ2v) is 4.27. The molecule has 0 aliphatic carbocycles. The molecular weight excluding hydrogens is 206 g/mol. The standard InChI is InChI=1S/C11H17N3O2/c1-14-9(2-5-13-14)10(15)11(8-12)3-6-16-7-4-11/h2,5H,3-4,6-8,12H2,1H3. The third kappa shape index (κ3) is 1.76. The Labute approximate surface area is 94.6 Å². The van der Waals surface area contributed by atoms with Crippen LogP contribution in [-0.2, 0) is 11.8 Å². The van der Waals surface area contributed by atoms with Crippen molar-refractivity contribution >= 4 is 5.78 Å². The van der Waals surface area contributed by atoms with Gasteiger partial charge in [0.25, 0.3) is 0 Å². The normalized spacial score (nSPS) is 19.6. The molecule has 1 aromatic heterocycles. The summed E-state index contributed by atoms with van der Waals surface area (Å²) in [5.41, 5.74) is 5.97. The largest absolute Gasteiger partial charge is 0.381 e. The topological polar surface area (TPSA) is 70.1 Å². The van der Waals surface area contributed by atoms with E-state index in [1.54, 1.807) is 24.0 Å². The zero-order valence-corrected chi connectivity index (χ0v) is 9.48. The number of aromatic nitrogens is 2. The van der Waals surface area contributed by atoms with E-state index in [1.807, 2.05) is 0 Å². The molecule has 0 aromatic carbocycles. The third-order valence-corrected chi connectivity index (χ3v) is 3.38. The van der Waals surface area contributed by atoms with Crippen LogP contribution in [0.2, 0.25) is 0 Å². The van der Waals surface area contributed by atoms with E-state index >= 15 is 0 Å². The van der Waals surface area contributed by atoms with Crippen LogP contribution in [-0.4, -0.2) is 35.3 Å². The molecule has 1 aliphatic rings. The van der Waals surface area contributed by atoms with E-state index in [-0.39, 0.29) is 5.78 Å². The molecule has 1 saturated heterocycles. The average Bonchev–Trinajstić information content (AvgIpc) is 2.75. The van der Waals surface area contributed by atoms with E-state index in [1.165, 1.54) is 0 Å². The van der Waals surface area contributed by atoms with Crippen LogP contribution < -0.4 is 5.73 Å². The first-order chi connectivity index (χ1) is 7.69. The number of hydrogen-bond acceptors (Lipinski definition) is 4. The zero-order valence-electron chi connectivity index (χ0n) is 9.48. The Bertz CT molecular complexity index is 380. The van der Waals surface area contributed by atoms with Crippen molar-refractivity contribution in [1.29, 1.82) is 0 Å². The molecule has 0 spiro atoms. The smallest absolute Gasteiger partial charge is 0.188 e. The van der Waals surface area contributed by atoms with E-state index < -0.39 is 5.41 Å². The quantitative estimate of drug-likeness (QED) is 0.751. The number of ether oxygens (including phenoxy) is 1. The molecule has 16 heavy (non-hydrogen) atoms. The minimum atomic E-state index is -0.452. The summed E-state index contributed by atoms with van der Waals surface area (Å²) >= 11 is 0. The molecule has 0 atom stereocenters. The molecule has 1 fully saturated rings. The van der Waals surface area contributed by atoms with Gasteiger partial charge in [-0.05, 0) is 18.9 Å². The summed E-state index contributed by atoms with van der Waals surface area (Å²) in [5, 5.41) is 4.02. The number of ketones is 1. The molecule has 1 aromatic rings. The fraction of sp³-hybridized carbons (Fsp3) is 0.636. The van der Waals surface area contributed by atoms with Gasteiger partial charge in [-0.25, -0.2) is 0 Å². The third-order valence-electron chi connectivity index (χ3n) is 3.38. The number of nitrogens with zero attached hydrogens (tertiary/aromatic N) is 2. The van der Waals surface area contributed by atoms with E-state index in [2.05, 4.69) is 5.10 Å². The summed E-state index contributed by atoms with van der Waals surface area (Å²) in [5.74, 6) is 0.0956. The summed E-state index contributed by atoms with van der Waals surface area (Å²) in [6, 6.07) is 1.75. The van der Waals surface area contributed by atoms with Crippen LogP contribution in [0.1, 0.15) is 23.3 Å². The summed E-state index contributed by atoms with van der Waals surface area (Å²) < 4.78 is 6.90. The first kappa shape index (κ1) is 11.3. The molecule has 0 amide bonds. The van der Waals surface area contributed by atoms with Crippen molar-refractivity contribution in [3.63, 3.8) is 0 Å². The molecule has 1 aliphatic heterocycles. The lowest BCUT2D eigenvalue weighted by atomic mass is 9.75. The highest BCUT2D eigenvalue weighted by Gasteiger charge is 2.40. The van der Waals surface area contributed by atoms with Crippen molar-refractivity contribution in [3.05, 3.63) is 18.0 Å². The Balaban J connectivity index is 2.28. The SMILES string of the molecule is Cn1nccc1C(=O)C1(CN)CCOCC1. The number of nitrogens with two attached hydrogens (primary N) is 1. The minimum absolute atomic E-state index is 0.0956. The van der Waals surface area contributed by atoms with Gasteiger partial charge in [-0.15, -0.1) is 0 Å². The second-order valence-electron chi connectivity index (χ2n) is 4.27. The minimum Gasteiger partial charge on any atom is -0.381 e. The molecule has 0 bridgehead atoms. The van der Waals surface area contributed by atoms with Crippen LogP contribution >= 0.6 is 0 Å². The number of rotatable bonds is 3. The molecule has 2 heterocycles. The summed E-state index contributed by atoms with van der Waals surface area (Å²) in [6.07, 6.45) is 3.04. The molecule has 2 rings (SSSR count). The highest BCUT2D eigenvalue weighted by atomic mass is 16.5. The summed E-state index contributed by atoms with van der Waals surface area (Å²) in [6.45, 7) is 1.60. The molecule has 0 radical (unpaired) electrons. The Kier molecular flexibility index (Phi) is 3.07. The second kappa shape index (κ2) is 4.35. The average molecular weight is 223 g/mol. The highest BCUT2D eigenvalue weighted by molar-refractivity contribution is 5.99. The highest BCUT2D eigenvalue weighted by Crippen LogP contribution is 2.32. The molecule has 0 unspecified atom stereocenters. The molecule has 2 N–H and O–H groups in total. The monoisotopic (exact) mass is 223 g/mol. The van der Waals surface area contributed by atoms with Crippen molar-refractivity contribution in [1.82, 2.24) is 9.78 Å². The fourth-order valence-corrected chi connectivity index (χ4v) is 2.15. The van der Waals surface area contributed by atoms with E-state index in [0.29, 0.717) is 38.3 Å². The van der Waals surface area contributed by atoms with Crippen molar-refractivity contribution in [2.45, 2.75) is 12.8 Å². The van der Waals surface area contributed by atoms with Crippen molar-refractivity contribution in [2.24, 2.45) is 18.2 Å². The first-order valence-corrected chi connectivity index (χ1v) is 5.50. The lowest BCUT2D eigenvalue weighted by Crippen LogP contribution is -2.44. The van der Waals surface area contributed by atoms with Crippen molar-refractivity contribution in [3.8, 4) is 0 Å². The van der Waals surface area contributed by atoms with Crippen LogP contribution in [0.15, 0.2) is 12.3 Å². The van der Waals surface area contributed by atoms with Gasteiger partial charge in [-0.3, -0.25) is 9.48 Å². The van der Waals surface area contributed by atoms with Gasteiger partial charge in [0.05, 0.1) is 5.41 Å². The van der Waals surface area contributed by atoms with Gasteiger partial charge in [0.1, 0.15) is 5.69 Å². The Morgan fingerprint density at radius 2 is 2.31 bits per heavy atom. The van der Waals surface area contributed by atoms with Gasteiger partial charge in [-0.1, -0.05) is 0 Å². The van der Waals surface area contributed by atoms with Gasteiger partial charge in [0.15, 0.2) is 5.78 Å². The van der Waals surface area contributed by atoms with Gasteiger partial charge in [-0.2, -0.15) is 5.10 Å². The zero-order chi connectivity index (χ0) is 11.6. The number of aryl methyl sites for hydroxylation is 1. The van der Waals surface area contributed by atoms with Gasteiger partial charge in [0.2, 0.25) is 0 Å². The molecule has 88 valence electrons. The van der Waals surface area contributed by atoms with Crippen LogP contribution in [0, 0.1) is 5.41 Å². The maximum Gasteiger partial charge on any atom is 0.188 e. The van der Waals surface area contributed by atoms with E-state index in [9.17, 15) is 4.79 Å². The number of Topliss-reactive ketones (excluding diaryl/α,β-unsaturated/α-hetero) is 1. The van der Waals surface area contributed by atoms with Gasteiger partial charge >= 0.3 is 0 Å². The number of carbonyl (C=O) groups is 1. The Morgan fingerprint density at radius 3 is 2.81 bits per heavy atom. The lowest BCUT2D eigenvalue weighted by Gasteiger charge is -2.34. The van der Waals surface area contributed by atoms with Crippen LogP contribution in [0.4, 0.5) is 0 Å². The maximum atomic E-state index is 12.4. The maximum absolute atomic E-state index is 12.4. The summed E-state index contributed by atoms with van der Waals surface area (Å²) in [7, 11) is 1.77. The number of hydrogen-bond donors (Lipinski definition) is 1. The van der Waals surface area contributed by atoms with Crippen LogP contribution in [0.25, 0.3) is 0 Å². The van der Waals surface area contributed by atoms with Crippen LogP contribution in [0.3, 0.4) is 0 Å². The lowest BCUT2D eigenvalue weighted by molar-refractivity contribution is 0.0194. The summed E-state index contributed by atoms with van der Waals surface area (Å²) in [4.78, 5) is 12.4. The van der Waals surface area contributed by atoms with E-state index in [4.69, 9.17) is 10.5 Å². The van der Waals surface area contributed by atoms with E-state index in [0.717, 1.165) is 0 Å². The molecular formula is C11H17N3O2. The fourth-order valence-electron chi connectivity index (χ4n) is 2.15. The number of carbonyl (C=O) groups excluding carboxylic acids is 1. The van der Waals surface area contributed by atoms with Gasteiger partial charge < -0.3 is 10.5 Å². The first-order valence-electron chi connectivity index (χ1n) is 5.50. The Hall–Kier alpha value is -1.20.